The van der Waals surface area contributed by atoms with E-state index < -0.39 is 0 Å². The first-order valence-electron chi connectivity index (χ1n) is 6.86. The fraction of sp³-hybridized carbons (Fsp3) is 0.643. The second-order valence-electron chi connectivity index (χ2n) is 5.32. The summed E-state index contributed by atoms with van der Waals surface area (Å²) in [4.78, 5) is 18.0. The van der Waals surface area contributed by atoms with E-state index in [0.717, 1.165) is 18.0 Å². The fourth-order valence-corrected chi connectivity index (χ4v) is 3.80. The zero-order valence-electron chi connectivity index (χ0n) is 10.7. The molecule has 1 aromatic heterocycles. The third-order valence-electron chi connectivity index (χ3n) is 4.05. The van der Waals surface area contributed by atoms with E-state index in [2.05, 4.69) is 9.80 Å². The highest BCUT2D eigenvalue weighted by molar-refractivity contribution is 7.12. The van der Waals surface area contributed by atoms with Crippen molar-refractivity contribution >= 4 is 17.1 Å². The van der Waals surface area contributed by atoms with Crippen LogP contribution in [0.2, 0.25) is 0 Å². The number of hydrogen-bond acceptors (Lipinski definition) is 4. The lowest BCUT2D eigenvalue weighted by molar-refractivity contribution is 0.0929. The van der Waals surface area contributed by atoms with Crippen LogP contribution in [-0.4, -0.2) is 54.3 Å². The molecule has 0 radical (unpaired) electrons. The summed E-state index contributed by atoms with van der Waals surface area (Å²) in [6, 6.07) is 4.59. The van der Waals surface area contributed by atoms with Gasteiger partial charge in [0, 0.05) is 12.6 Å². The molecule has 1 unspecified atom stereocenters. The third kappa shape index (κ3) is 2.66. The van der Waals surface area contributed by atoms with Gasteiger partial charge in [-0.3, -0.25) is 14.6 Å². The lowest BCUT2D eigenvalue weighted by Gasteiger charge is -2.24. The molecule has 3 nitrogen and oxygen atoms in total. The van der Waals surface area contributed by atoms with E-state index in [1.165, 1.54) is 32.4 Å². The minimum atomic E-state index is 0.288. The van der Waals surface area contributed by atoms with E-state index in [1.807, 2.05) is 17.5 Å². The smallest absolute Gasteiger partial charge is 0.186 e. The Balaban J connectivity index is 1.60. The van der Waals surface area contributed by atoms with Gasteiger partial charge in [0.15, 0.2) is 5.78 Å². The first kappa shape index (κ1) is 12.3. The lowest BCUT2D eigenvalue weighted by Crippen LogP contribution is -2.38. The molecule has 3 rings (SSSR count). The number of Topliss-reactive ketones (excluding diaryl/α,β-unsaturated/α-hetero) is 1. The van der Waals surface area contributed by atoms with Gasteiger partial charge in [0.25, 0.3) is 0 Å². The Morgan fingerprint density at radius 2 is 2.22 bits per heavy atom. The number of nitrogens with zero attached hydrogens (tertiary/aromatic N) is 2. The average Bonchev–Trinajstić information content (AvgIpc) is 2.99. The Morgan fingerprint density at radius 3 is 3.06 bits per heavy atom. The number of carbonyl (C=O) groups is 1. The molecule has 0 amide bonds. The molecule has 2 saturated heterocycles. The van der Waals surface area contributed by atoms with Crippen molar-refractivity contribution in [2.24, 2.45) is 0 Å². The van der Waals surface area contributed by atoms with E-state index in [4.69, 9.17) is 0 Å². The van der Waals surface area contributed by atoms with Crippen molar-refractivity contribution in [2.75, 3.05) is 32.7 Å². The van der Waals surface area contributed by atoms with Gasteiger partial charge in [0.1, 0.15) is 0 Å². The molecule has 0 N–H and O–H groups in total. The number of ketones is 1. The van der Waals surface area contributed by atoms with Crippen LogP contribution < -0.4 is 0 Å². The normalized spacial score (nSPS) is 25.9. The summed E-state index contributed by atoms with van der Waals surface area (Å²) in [5, 5.41) is 1.98. The van der Waals surface area contributed by atoms with Gasteiger partial charge in [0.2, 0.25) is 0 Å². The zero-order valence-corrected chi connectivity index (χ0v) is 11.5. The maximum Gasteiger partial charge on any atom is 0.186 e. The Kier molecular flexibility index (Phi) is 3.77. The van der Waals surface area contributed by atoms with E-state index >= 15 is 0 Å². The molecule has 0 aliphatic carbocycles. The number of carbonyl (C=O) groups excluding carboxylic acids is 1. The average molecular weight is 264 g/mol. The molecule has 0 aromatic carbocycles. The van der Waals surface area contributed by atoms with Crippen LogP contribution in [0.5, 0.6) is 0 Å². The second-order valence-corrected chi connectivity index (χ2v) is 6.27. The standard InChI is InChI=1S/C14H20N2OS/c17-13(14-5-2-9-18-14)11-15-6-3-8-16-7-1-4-12(16)10-15/h2,5,9,12H,1,3-4,6-8,10-11H2. The van der Waals surface area contributed by atoms with Crippen molar-refractivity contribution in [2.45, 2.75) is 25.3 Å². The number of hydrogen-bond donors (Lipinski definition) is 0. The molecule has 98 valence electrons. The summed E-state index contributed by atoms with van der Waals surface area (Å²) < 4.78 is 0. The molecule has 2 aliphatic heterocycles. The SMILES string of the molecule is O=C(CN1CCCN2CCCC2C1)c1cccs1. The number of thiophene rings is 1. The highest BCUT2D eigenvalue weighted by Gasteiger charge is 2.29. The zero-order chi connectivity index (χ0) is 12.4. The van der Waals surface area contributed by atoms with Gasteiger partial charge in [-0.1, -0.05) is 6.07 Å². The van der Waals surface area contributed by atoms with Crippen molar-refractivity contribution in [3.8, 4) is 0 Å². The van der Waals surface area contributed by atoms with Gasteiger partial charge in [-0.05, 0) is 50.3 Å². The second kappa shape index (κ2) is 5.51. The third-order valence-corrected chi connectivity index (χ3v) is 4.96. The molecule has 1 atom stereocenters. The molecule has 18 heavy (non-hydrogen) atoms. The molecule has 0 saturated carbocycles. The van der Waals surface area contributed by atoms with Crippen molar-refractivity contribution < 1.29 is 4.79 Å². The molecular formula is C14H20N2OS. The maximum absolute atomic E-state index is 12.1. The Labute approximate surface area is 112 Å². The Morgan fingerprint density at radius 1 is 1.33 bits per heavy atom. The van der Waals surface area contributed by atoms with Crippen molar-refractivity contribution in [3.63, 3.8) is 0 Å². The number of fused-ring (bicyclic) bond motifs is 1. The van der Waals surface area contributed by atoms with Crippen LogP contribution in [0.3, 0.4) is 0 Å². The molecule has 0 bridgehead atoms. The summed E-state index contributed by atoms with van der Waals surface area (Å²) in [5.41, 5.74) is 0. The highest BCUT2D eigenvalue weighted by atomic mass is 32.1. The minimum absolute atomic E-state index is 0.288. The van der Waals surface area contributed by atoms with Gasteiger partial charge >= 0.3 is 0 Å². The van der Waals surface area contributed by atoms with Crippen molar-refractivity contribution in [1.29, 1.82) is 0 Å². The quantitative estimate of drug-likeness (QED) is 0.781. The first-order valence-corrected chi connectivity index (χ1v) is 7.74. The molecular weight excluding hydrogens is 244 g/mol. The van der Waals surface area contributed by atoms with Gasteiger partial charge in [-0.25, -0.2) is 0 Å². The van der Waals surface area contributed by atoms with Gasteiger partial charge in [-0.15, -0.1) is 11.3 Å². The van der Waals surface area contributed by atoms with Gasteiger partial charge < -0.3 is 0 Å². The predicted molar refractivity (Wildman–Crippen MR) is 74.3 cm³/mol. The van der Waals surface area contributed by atoms with Crippen LogP contribution >= 0.6 is 11.3 Å². The van der Waals surface area contributed by atoms with Crippen LogP contribution in [0.4, 0.5) is 0 Å². The van der Waals surface area contributed by atoms with E-state index in [9.17, 15) is 4.79 Å². The van der Waals surface area contributed by atoms with Crippen LogP contribution in [0, 0.1) is 0 Å². The van der Waals surface area contributed by atoms with Crippen LogP contribution in [0.1, 0.15) is 28.9 Å². The largest absolute Gasteiger partial charge is 0.299 e. The van der Waals surface area contributed by atoms with E-state index in [0.29, 0.717) is 12.6 Å². The van der Waals surface area contributed by atoms with Crippen LogP contribution in [0.15, 0.2) is 17.5 Å². The summed E-state index contributed by atoms with van der Waals surface area (Å²) in [7, 11) is 0. The van der Waals surface area contributed by atoms with Gasteiger partial charge in [0.05, 0.1) is 11.4 Å². The van der Waals surface area contributed by atoms with E-state index in [1.54, 1.807) is 11.3 Å². The first-order chi connectivity index (χ1) is 8.83. The summed E-state index contributed by atoms with van der Waals surface area (Å²) in [5.74, 6) is 0.288. The van der Waals surface area contributed by atoms with E-state index in [-0.39, 0.29) is 5.78 Å². The highest BCUT2D eigenvalue weighted by Crippen LogP contribution is 2.21. The van der Waals surface area contributed by atoms with Crippen LogP contribution in [-0.2, 0) is 0 Å². The topological polar surface area (TPSA) is 23.6 Å². The summed E-state index contributed by atoms with van der Waals surface area (Å²) >= 11 is 1.56. The maximum atomic E-state index is 12.1. The summed E-state index contributed by atoms with van der Waals surface area (Å²) in [6.07, 6.45) is 3.84. The molecule has 1 aromatic rings. The molecule has 4 heteroatoms. The molecule has 3 heterocycles. The van der Waals surface area contributed by atoms with Gasteiger partial charge in [-0.2, -0.15) is 0 Å². The molecule has 2 fully saturated rings. The predicted octanol–water partition coefficient (Wildman–Crippen LogP) is 2.10. The Hall–Kier alpha value is -0.710. The van der Waals surface area contributed by atoms with Crippen molar-refractivity contribution in [1.82, 2.24) is 9.80 Å². The monoisotopic (exact) mass is 264 g/mol. The molecule has 0 spiro atoms. The minimum Gasteiger partial charge on any atom is -0.299 e. The fourth-order valence-electron chi connectivity index (χ4n) is 3.14. The van der Waals surface area contributed by atoms with Crippen LogP contribution in [0.25, 0.3) is 0 Å². The van der Waals surface area contributed by atoms with Crippen molar-refractivity contribution in [3.05, 3.63) is 22.4 Å². The lowest BCUT2D eigenvalue weighted by atomic mass is 10.2. The number of rotatable bonds is 3. The Bertz CT molecular complexity index is 404. The summed E-state index contributed by atoms with van der Waals surface area (Å²) in [6.45, 7) is 5.23. The molecule has 2 aliphatic rings.